The van der Waals surface area contributed by atoms with E-state index >= 15 is 0 Å². The van der Waals surface area contributed by atoms with Gasteiger partial charge in [0.1, 0.15) is 28.8 Å². The van der Waals surface area contributed by atoms with Crippen LogP contribution in [0.25, 0.3) is 22.6 Å². The van der Waals surface area contributed by atoms with Crippen molar-refractivity contribution in [2.45, 2.75) is 70.1 Å². The van der Waals surface area contributed by atoms with Crippen molar-refractivity contribution in [2.75, 3.05) is 31.1 Å². The van der Waals surface area contributed by atoms with Gasteiger partial charge in [-0.25, -0.2) is 9.97 Å². The van der Waals surface area contributed by atoms with Gasteiger partial charge in [-0.05, 0) is 99.1 Å². The van der Waals surface area contributed by atoms with Gasteiger partial charge in [0.2, 0.25) is 0 Å². The number of hydrogen-bond donors (Lipinski definition) is 0. The Hall–Kier alpha value is -5.16. The monoisotopic (exact) mass is 720 g/mol. The van der Waals surface area contributed by atoms with Crippen molar-refractivity contribution in [3.63, 3.8) is 0 Å². The van der Waals surface area contributed by atoms with E-state index in [0.717, 1.165) is 55.7 Å². The Kier molecular flexibility index (Phi) is 9.92. The van der Waals surface area contributed by atoms with Gasteiger partial charge in [0.15, 0.2) is 0 Å². The van der Waals surface area contributed by atoms with Crippen LogP contribution in [-0.4, -0.2) is 68.8 Å². The maximum Gasteiger partial charge on any atom is 0.573 e. The first-order chi connectivity index (χ1) is 25.8. The summed E-state index contributed by atoms with van der Waals surface area (Å²) in [4.78, 5) is 31.5. The number of hydrogen-bond acceptors (Lipinski definition) is 6. The van der Waals surface area contributed by atoms with E-state index in [2.05, 4.69) is 38.8 Å². The lowest BCUT2D eigenvalue weighted by Gasteiger charge is -2.36. The van der Waals surface area contributed by atoms with Gasteiger partial charge in [-0.3, -0.25) is 4.79 Å². The lowest BCUT2D eigenvalue weighted by atomic mass is 10.0. The molecule has 2 aliphatic heterocycles. The SMILES string of the molecule is O=C(c1c(-c2ccc(N(Cc3ccccc3)Cc3ccccc3)nc2)nc(-c2ccc(OC(F)(F)F)cc2)n1C1CC1)N1CCC(N2CCCC2)CC1. The quantitative estimate of drug-likeness (QED) is 0.136. The Morgan fingerprint density at radius 3 is 1.89 bits per heavy atom. The molecular formula is C42H43F3N6O2. The van der Waals surface area contributed by atoms with Gasteiger partial charge in [0, 0.05) is 55.6 Å². The lowest BCUT2D eigenvalue weighted by molar-refractivity contribution is -0.274. The van der Waals surface area contributed by atoms with E-state index in [1.807, 2.05) is 58.0 Å². The Morgan fingerprint density at radius 1 is 0.736 bits per heavy atom. The van der Waals surface area contributed by atoms with Gasteiger partial charge in [0.05, 0.1) is 0 Å². The largest absolute Gasteiger partial charge is 0.573 e. The number of aromatic nitrogens is 3. The summed E-state index contributed by atoms with van der Waals surface area (Å²) in [5, 5.41) is 0. The van der Waals surface area contributed by atoms with Crippen LogP contribution >= 0.6 is 0 Å². The average Bonchev–Trinajstić information content (AvgIpc) is 3.70. The molecule has 53 heavy (non-hydrogen) atoms. The molecule has 0 radical (unpaired) electrons. The number of imidazole rings is 1. The molecule has 5 aromatic rings. The van der Waals surface area contributed by atoms with Gasteiger partial charge >= 0.3 is 6.36 Å². The van der Waals surface area contributed by atoms with Gasteiger partial charge < -0.3 is 24.0 Å². The average molecular weight is 721 g/mol. The zero-order valence-electron chi connectivity index (χ0n) is 29.6. The summed E-state index contributed by atoms with van der Waals surface area (Å²) in [6, 6.07) is 30.8. The Morgan fingerprint density at radius 2 is 1.34 bits per heavy atom. The molecule has 0 bridgehead atoms. The van der Waals surface area contributed by atoms with Crippen LogP contribution in [0.4, 0.5) is 19.0 Å². The highest BCUT2D eigenvalue weighted by Gasteiger charge is 2.38. The second-order valence-electron chi connectivity index (χ2n) is 14.3. The van der Waals surface area contributed by atoms with E-state index in [1.165, 1.54) is 25.0 Å². The third-order valence-corrected chi connectivity index (χ3v) is 10.6. The molecule has 0 unspecified atom stereocenters. The second-order valence-corrected chi connectivity index (χ2v) is 14.3. The van der Waals surface area contributed by atoms with Crippen molar-refractivity contribution in [3.8, 4) is 28.4 Å². The van der Waals surface area contributed by atoms with Gasteiger partial charge in [0.25, 0.3) is 5.91 Å². The van der Waals surface area contributed by atoms with Crippen molar-refractivity contribution < 1.29 is 22.7 Å². The minimum absolute atomic E-state index is 0.0675. The van der Waals surface area contributed by atoms with Crippen molar-refractivity contribution in [1.29, 1.82) is 0 Å². The summed E-state index contributed by atoms with van der Waals surface area (Å²) in [6.45, 7) is 4.91. The minimum atomic E-state index is -4.79. The number of nitrogens with zero attached hydrogens (tertiary/aromatic N) is 6. The fourth-order valence-electron chi connectivity index (χ4n) is 7.77. The first-order valence-electron chi connectivity index (χ1n) is 18.6. The molecule has 0 N–H and O–H groups in total. The number of pyridine rings is 1. The van der Waals surface area contributed by atoms with E-state index in [1.54, 1.807) is 18.3 Å². The number of carbonyl (C=O) groups excluding carboxylic acids is 1. The molecule has 2 saturated heterocycles. The molecule has 8 rings (SSSR count). The highest BCUT2D eigenvalue weighted by atomic mass is 19.4. The molecule has 0 spiro atoms. The van der Waals surface area contributed by atoms with Crippen LogP contribution in [0, 0.1) is 0 Å². The molecule has 3 aliphatic rings. The van der Waals surface area contributed by atoms with Crippen molar-refractivity contribution in [2.24, 2.45) is 0 Å². The van der Waals surface area contributed by atoms with Crippen LogP contribution in [0.15, 0.2) is 103 Å². The number of anilines is 1. The van der Waals surface area contributed by atoms with Gasteiger partial charge in [-0.2, -0.15) is 0 Å². The number of likely N-dealkylation sites (tertiary alicyclic amines) is 2. The molecule has 3 fully saturated rings. The second kappa shape index (κ2) is 15.1. The molecule has 11 heteroatoms. The van der Waals surface area contributed by atoms with E-state index in [9.17, 15) is 18.0 Å². The van der Waals surface area contributed by atoms with Crippen molar-refractivity contribution >= 4 is 11.7 Å². The Labute approximate surface area is 307 Å². The van der Waals surface area contributed by atoms with Crippen LogP contribution in [0.3, 0.4) is 0 Å². The maximum atomic E-state index is 14.7. The number of amides is 1. The molecule has 274 valence electrons. The number of piperidine rings is 1. The molecule has 8 nitrogen and oxygen atoms in total. The Balaban J connectivity index is 1.15. The number of benzene rings is 3. The van der Waals surface area contributed by atoms with Gasteiger partial charge in [-0.15, -0.1) is 13.2 Å². The lowest BCUT2D eigenvalue weighted by Crippen LogP contribution is -2.46. The third-order valence-electron chi connectivity index (χ3n) is 10.6. The summed E-state index contributed by atoms with van der Waals surface area (Å²) < 4.78 is 45.1. The number of rotatable bonds is 11. The third kappa shape index (κ3) is 8.10. The zero-order valence-corrected chi connectivity index (χ0v) is 29.6. The van der Waals surface area contributed by atoms with E-state index in [-0.39, 0.29) is 17.7 Å². The molecule has 1 aliphatic carbocycles. The Bertz CT molecular complexity index is 1940. The predicted molar refractivity (Wildman–Crippen MR) is 198 cm³/mol. The highest BCUT2D eigenvalue weighted by molar-refractivity contribution is 6.00. The molecular weight excluding hydrogens is 677 g/mol. The van der Waals surface area contributed by atoms with E-state index in [4.69, 9.17) is 9.97 Å². The predicted octanol–water partition coefficient (Wildman–Crippen LogP) is 8.75. The highest BCUT2D eigenvalue weighted by Crippen LogP contribution is 2.43. The van der Waals surface area contributed by atoms with E-state index < -0.39 is 6.36 Å². The fourth-order valence-corrected chi connectivity index (χ4v) is 7.77. The summed E-state index contributed by atoms with van der Waals surface area (Å²) >= 11 is 0. The molecule has 1 saturated carbocycles. The molecule has 1 amide bonds. The summed E-state index contributed by atoms with van der Waals surface area (Å²) in [5.41, 5.74) is 4.69. The van der Waals surface area contributed by atoms with Crippen LogP contribution < -0.4 is 9.64 Å². The first-order valence-corrected chi connectivity index (χ1v) is 18.6. The van der Waals surface area contributed by atoms with Crippen molar-refractivity contribution in [3.05, 3.63) is 120 Å². The summed E-state index contributed by atoms with van der Waals surface area (Å²) in [7, 11) is 0. The normalized spacial score (nSPS) is 16.9. The number of halogens is 3. The molecule has 4 heterocycles. The standard InChI is InChI=1S/C42H43F3N6O2/c43-42(44,45)53-36-18-13-32(14-19-36)40-47-38(39(51(40)35-16-17-35)41(52)49-25-21-34(22-26-49)48-23-7-8-24-48)33-15-20-37(46-27-33)50(28-30-9-3-1-4-10-30)29-31-11-5-2-6-12-31/h1-6,9-15,18-20,27,34-35H,7-8,16-17,21-26,28-29H2. The topological polar surface area (TPSA) is 66.7 Å². The minimum Gasteiger partial charge on any atom is -0.406 e. The van der Waals surface area contributed by atoms with Crippen LogP contribution in [0.5, 0.6) is 5.75 Å². The van der Waals surface area contributed by atoms with Crippen molar-refractivity contribution in [1.82, 2.24) is 24.3 Å². The summed E-state index contributed by atoms with van der Waals surface area (Å²) in [5.74, 6) is 0.968. The van der Waals surface area contributed by atoms with Crippen LogP contribution in [0.2, 0.25) is 0 Å². The summed E-state index contributed by atoms with van der Waals surface area (Å²) in [6.07, 6.45) is 3.11. The molecule has 2 aromatic heterocycles. The maximum absolute atomic E-state index is 14.7. The molecule has 0 atom stereocenters. The van der Waals surface area contributed by atoms with Crippen LogP contribution in [0.1, 0.15) is 66.2 Å². The first kappa shape index (κ1) is 34.9. The van der Waals surface area contributed by atoms with E-state index in [0.29, 0.717) is 60.6 Å². The van der Waals surface area contributed by atoms with Gasteiger partial charge in [-0.1, -0.05) is 60.7 Å². The fraction of sp³-hybridized carbons (Fsp3) is 0.357. The number of ether oxygens (including phenoxy) is 1. The smallest absolute Gasteiger partial charge is 0.406 e. The molecule has 3 aromatic carbocycles. The number of carbonyl (C=O) groups is 1. The van der Waals surface area contributed by atoms with Crippen LogP contribution in [-0.2, 0) is 13.1 Å². The number of alkyl halides is 3. The zero-order chi connectivity index (χ0) is 36.4.